The number of pyridine rings is 1. The van der Waals surface area contributed by atoms with Crippen LogP contribution in [0.15, 0.2) is 70.4 Å². The molecule has 0 aliphatic heterocycles. The lowest BCUT2D eigenvalue weighted by Gasteiger charge is -2.11. The Morgan fingerprint density at radius 1 is 0.971 bits per heavy atom. The lowest BCUT2D eigenvalue weighted by molar-refractivity contribution is 0.683. The maximum Gasteiger partial charge on any atom is 0.330 e. The first-order valence-corrected chi connectivity index (χ1v) is 10.7. The van der Waals surface area contributed by atoms with Crippen molar-refractivity contribution in [3.05, 3.63) is 104 Å². The average molecular weight is 447 g/mol. The number of nitriles is 1. The van der Waals surface area contributed by atoms with E-state index in [-0.39, 0.29) is 0 Å². The normalized spacial score (nSPS) is 11.5. The van der Waals surface area contributed by atoms with Crippen molar-refractivity contribution in [1.29, 1.82) is 5.26 Å². The van der Waals surface area contributed by atoms with Gasteiger partial charge in [0, 0.05) is 20.3 Å². The molecule has 3 aromatic heterocycles. The Morgan fingerprint density at radius 3 is 2.50 bits per heavy atom. The number of nitrogens with zero attached hydrogens (tertiary/aromatic N) is 5. The molecule has 0 saturated carbocycles. The maximum atomic E-state index is 12.6. The summed E-state index contributed by atoms with van der Waals surface area (Å²) in [4.78, 5) is 29.4. The van der Waals surface area contributed by atoms with Gasteiger partial charge in [0.1, 0.15) is 11.6 Å². The molecule has 0 aliphatic rings. The number of fused-ring (bicyclic) bond motifs is 3. The van der Waals surface area contributed by atoms with E-state index in [4.69, 9.17) is 4.98 Å². The zero-order valence-corrected chi connectivity index (χ0v) is 19.0. The molecule has 5 aromatic rings. The third-order valence-electron chi connectivity index (χ3n) is 5.95. The second-order valence-corrected chi connectivity index (χ2v) is 8.28. The third-order valence-corrected chi connectivity index (χ3v) is 5.95. The fraction of sp³-hybridized carbons (Fsp3) is 0.111. The smallest absolute Gasteiger partial charge is 0.303 e. The van der Waals surface area contributed by atoms with Crippen molar-refractivity contribution >= 4 is 28.8 Å². The Morgan fingerprint density at radius 2 is 1.74 bits per heavy atom. The standard InChI is InChI=1S/C27H21N5O2/c1-17-7-6-8-19(13-17)24-14-18(11-12-20-16-30(2)27(34)31(3)26(20)33)21(15-28)25-29-22-9-4-5-10-23(22)32(24)25/h4-14,16H,1-3H3/b12-11+. The highest BCUT2D eigenvalue weighted by Crippen LogP contribution is 2.31. The molecule has 0 saturated heterocycles. The topological polar surface area (TPSA) is 85.1 Å². The molecule has 0 aliphatic carbocycles. The van der Waals surface area contributed by atoms with Crippen LogP contribution in [0.5, 0.6) is 0 Å². The summed E-state index contributed by atoms with van der Waals surface area (Å²) in [5.74, 6) is 0. The van der Waals surface area contributed by atoms with Crippen molar-refractivity contribution in [2.45, 2.75) is 6.92 Å². The minimum atomic E-state index is -0.399. The van der Waals surface area contributed by atoms with Crippen molar-refractivity contribution < 1.29 is 0 Å². The van der Waals surface area contributed by atoms with E-state index in [9.17, 15) is 14.9 Å². The molecular formula is C27H21N5O2. The molecule has 0 N–H and O–H groups in total. The molecule has 34 heavy (non-hydrogen) atoms. The number of para-hydroxylation sites is 2. The van der Waals surface area contributed by atoms with E-state index in [2.05, 4.69) is 12.1 Å². The molecule has 7 nitrogen and oxygen atoms in total. The second kappa shape index (κ2) is 8.01. The lowest BCUT2D eigenvalue weighted by Crippen LogP contribution is -2.37. The molecule has 0 amide bonds. The number of hydrogen-bond donors (Lipinski definition) is 0. The predicted octanol–water partition coefficient (Wildman–Crippen LogP) is 3.90. The molecule has 0 radical (unpaired) electrons. The van der Waals surface area contributed by atoms with Gasteiger partial charge in [0.2, 0.25) is 0 Å². The van der Waals surface area contributed by atoms with E-state index in [1.165, 1.54) is 17.8 Å². The lowest BCUT2D eigenvalue weighted by atomic mass is 10.0. The number of imidazole rings is 1. The van der Waals surface area contributed by atoms with E-state index in [1.807, 2.05) is 59.9 Å². The highest BCUT2D eigenvalue weighted by Gasteiger charge is 2.17. The molecule has 5 rings (SSSR count). The summed E-state index contributed by atoms with van der Waals surface area (Å²) in [5.41, 5.74) is 5.85. The number of rotatable bonds is 3. The summed E-state index contributed by atoms with van der Waals surface area (Å²) in [6, 6.07) is 20.2. The van der Waals surface area contributed by atoms with Crippen molar-refractivity contribution in [1.82, 2.24) is 18.5 Å². The molecule has 3 heterocycles. The minimum Gasteiger partial charge on any atom is -0.303 e. The Labute approximate surface area is 195 Å². The first-order valence-electron chi connectivity index (χ1n) is 10.7. The number of aromatic nitrogens is 4. The largest absolute Gasteiger partial charge is 0.330 e. The van der Waals surface area contributed by atoms with Crippen molar-refractivity contribution in [3.8, 4) is 17.3 Å². The molecule has 0 bridgehead atoms. The van der Waals surface area contributed by atoms with Crippen LogP contribution in [0.1, 0.15) is 22.3 Å². The summed E-state index contributed by atoms with van der Waals surface area (Å²) < 4.78 is 4.42. The fourth-order valence-electron chi connectivity index (χ4n) is 4.24. The van der Waals surface area contributed by atoms with Gasteiger partial charge in [-0.3, -0.25) is 13.8 Å². The van der Waals surface area contributed by atoms with Gasteiger partial charge in [-0.2, -0.15) is 5.26 Å². The van der Waals surface area contributed by atoms with Gasteiger partial charge >= 0.3 is 5.69 Å². The number of aryl methyl sites for hydroxylation is 2. The highest BCUT2D eigenvalue weighted by molar-refractivity contribution is 5.89. The van der Waals surface area contributed by atoms with Crippen molar-refractivity contribution in [3.63, 3.8) is 0 Å². The summed E-state index contributed by atoms with van der Waals surface area (Å²) in [6.45, 7) is 2.03. The third kappa shape index (κ3) is 3.33. The van der Waals surface area contributed by atoms with Gasteiger partial charge in [0.25, 0.3) is 5.56 Å². The van der Waals surface area contributed by atoms with Gasteiger partial charge in [-0.25, -0.2) is 9.78 Å². The summed E-state index contributed by atoms with van der Waals surface area (Å²) >= 11 is 0. The van der Waals surface area contributed by atoms with Crippen LogP contribution in [0, 0.1) is 18.3 Å². The Hall–Kier alpha value is -4.70. The van der Waals surface area contributed by atoms with Gasteiger partial charge in [0.05, 0.1) is 22.3 Å². The van der Waals surface area contributed by atoms with Crippen LogP contribution in [0.25, 0.3) is 40.1 Å². The molecular weight excluding hydrogens is 426 g/mol. The molecule has 2 aromatic carbocycles. The van der Waals surface area contributed by atoms with E-state index in [1.54, 1.807) is 19.2 Å². The van der Waals surface area contributed by atoms with E-state index >= 15 is 0 Å². The molecule has 166 valence electrons. The first kappa shape index (κ1) is 21.2. The van der Waals surface area contributed by atoms with Crippen LogP contribution in [0.4, 0.5) is 0 Å². The van der Waals surface area contributed by atoms with Gasteiger partial charge in [0.15, 0.2) is 5.65 Å². The molecule has 0 atom stereocenters. The highest BCUT2D eigenvalue weighted by atomic mass is 16.2. The second-order valence-electron chi connectivity index (χ2n) is 8.28. The van der Waals surface area contributed by atoms with Crippen LogP contribution in [0.2, 0.25) is 0 Å². The molecule has 0 fully saturated rings. The van der Waals surface area contributed by atoms with Gasteiger partial charge < -0.3 is 4.57 Å². The Kier molecular flexibility index (Phi) is 4.99. The van der Waals surface area contributed by atoms with Crippen LogP contribution in [-0.4, -0.2) is 18.5 Å². The predicted molar refractivity (Wildman–Crippen MR) is 133 cm³/mol. The van der Waals surface area contributed by atoms with Crippen molar-refractivity contribution in [2.75, 3.05) is 0 Å². The zero-order chi connectivity index (χ0) is 24.0. The molecule has 0 unspecified atom stereocenters. The summed E-state index contributed by atoms with van der Waals surface area (Å²) in [6.07, 6.45) is 4.87. The van der Waals surface area contributed by atoms with E-state index in [0.717, 1.165) is 32.4 Å². The van der Waals surface area contributed by atoms with Crippen molar-refractivity contribution in [2.24, 2.45) is 14.1 Å². The van der Waals surface area contributed by atoms with E-state index in [0.29, 0.717) is 22.3 Å². The first-order chi connectivity index (χ1) is 16.4. The van der Waals surface area contributed by atoms with Crippen LogP contribution >= 0.6 is 0 Å². The van der Waals surface area contributed by atoms with Crippen LogP contribution < -0.4 is 11.2 Å². The van der Waals surface area contributed by atoms with Gasteiger partial charge in [-0.15, -0.1) is 0 Å². The quantitative estimate of drug-likeness (QED) is 0.420. The van der Waals surface area contributed by atoms with Gasteiger partial charge in [-0.05, 0) is 48.4 Å². The van der Waals surface area contributed by atoms with E-state index < -0.39 is 11.2 Å². The molecule has 0 spiro atoms. The number of hydrogen-bond acceptors (Lipinski definition) is 4. The molecule has 7 heteroatoms. The average Bonchev–Trinajstić information content (AvgIpc) is 3.23. The fourth-order valence-corrected chi connectivity index (χ4v) is 4.24. The summed E-state index contributed by atoms with van der Waals surface area (Å²) in [5, 5.41) is 10.1. The van der Waals surface area contributed by atoms with Gasteiger partial charge in [-0.1, -0.05) is 42.0 Å². The van der Waals surface area contributed by atoms with Crippen LogP contribution in [0.3, 0.4) is 0 Å². The Bertz CT molecular complexity index is 1790. The maximum absolute atomic E-state index is 12.6. The zero-order valence-electron chi connectivity index (χ0n) is 19.0. The SMILES string of the molecule is Cc1cccc(-c2cc(/C=C/c3cn(C)c(=O)n(C)c3=O)c(C#N)c3nc4ccccc4n23)c1. The Balaban J connectivity index is 1.82. The minimum absolute atomic E-state index is 0.346. The number of benzene rings is 2. The van der Waals surface area contributed by atoms with Crippen LogP contribution in [-0.2, 0) is 14.1 Å². The summed E-state index contributed by atoms with van der Waals surface area (Å²) in [7, 11) is 3.04. The monoisotopic (exact) mass is 447 g/mol.